The summed E-state index contributed by atoms with van der Waals surface area (Å²) in [4.78, 5) is 31.4. The molecule has 3 aromatic carbocycles. The summed E-state index contributed by atoms with van der Waals surface area (Å²) in [7, 11) is 0. The van der Waals surface area contributed by atoms with Gasteiger partial charge in [0.2, 0.25) is 5.78 Å². The van der Waals surface area contributed by atoms with Gasteiger partial charge in [0.25, 0.3) is 0 Å². The van der Waals surface area contributed by atoms with Crippen LogP contribution in [0.4, 0.5) is 0 Å². The van der Waals surface area contributed by atoms with Gasteiger partial charge in [-0.05, 0) is 69.7 Å². The van der Waals surface area contributed by atoms with Crippen molar-refractivity contribution in [3.8, 4) is 16.9 Å². The first-order valence-electron chi connectivity index (χ1n) is 12.8. The van der Waals surface area contributed by atoms with Gasteiger partial charge < -0.3 is 9.30 Å². The second-order valence-corrected chi connectivity index (χ2v) is 9.61. The average Bonchev–Trinajstić information content (AvgIpc) is 3.28. The lowest BCUT2D eigenvalue weighted by atomic mass is 10.0. The van der Waals surface area contributed by atoms with Crippen LogP contribution in [0.25, 0.3) is 27.8 Å². The van der Waals surface area contributed by atoms with Crippen molar-refractivity contribution >= 4 is 22.7 Å². The van der Waals surface area contributed by atoms with E-state index >= 15 is 0 Å². The van der Waals surface area contributed by atoms with Crippen LogP contribution in [0.15, 0.2) is 91.0 Å². The zero-order chi connectivity index (χ0) is 26.8. The number of benzene rings is 3. The minimum absolute atomic E-state index is 0.206. The fraction of sp³-hybridized carbons (Fsp3) is 0.182. The van der Waals surface area contributed by atoms with Gasteiger partial charge in [0, 0.05) is 33.6 Å². The van der Waals surface area contributed by atoms with Crippen molar-refractivity contribution in [2.75, 3.05) is 0 Å². The molecule has 0 spiro atoms. The van der Waals surface area contributed by atoms with Crippen LogP contribution < -0.4 is 0 Å². The van der Waals surface area contributed by atoms with Crippen LogP contribution in [0.2, 0.25) is 0 Å². The summed E-state index contributed by atoms with van der Waals surface area (Å²) in [6.45, 7) is 7.98. The molecule has 2 heterocycles. The van der Waals surface area contributed by atoms with Gasteiger partial charge in [-0.1, -0.05) is 61.0 Å². The van der Waals surface area contributed by atoms with Crippen LogP contribution in [-0.2, 0) is 4.74 Å². The van der Waals surface area contributed by atoms with E-state index in [4.69, 9.17) is 9.72 Å². The molecule has 38 heavy (non-hydrogen) atoms. The number of ketones is 1. The van der Waals surface area contributed by atoms with Gasteiger partial charge in [0.1, 0.15) is 0 Å². The maximum atomic E-state index is 13.5. The monoisotopic (exact) mass is 502 g/mol. The number of aromatic nitrogens is 2. The summed E-state index contributed by atoms with van der Waals surface area (Å²) in [6.07, 6.45) is -0.484. The molecule has 0 amide bonds. The quantitative estimate of drug-likeness (QED) is 0.171. The normalized spacial score (nSPS) is 11.9. The standard InChI is InChI=1S/C33H30N2O3/c1-5-31(32(36)25-9-7-6-8-10-25)38-33(37)28-20-30(34-29-18-11-21(2)19-27(28)29)24-14-16-26(17-15-24)35-22(3)12-13-23(35)4/h6-20,31H,5H2,1-4H3/t31-/m1/s1. The van der Waals surface area contributed by atoms with E-state index in [1.54, 1.807) is 30.3 Å². The number of hydrogen-bond acceptors (Lipinski definition) is 4. The molecule has 0 aliphatic rings. The molecular formula is C33H30N2O3. The minimum Gasteiger partial charge on any atom is -0.450 e. The maximum absolute atomic E-state index is 13.5. The zero-order valence-corrected chi connectivity index (χ0v) is 22.1. The van der Waals surface area contributed by atoms with E-state index < -0.39 is 12.1 Å². The Morgan fingerprint density at radius 3 is 2.18 bits per heavy atom. The van der Waals surface area contributed by atoms with E-state index in [2.05, 4.69) is 42.7 Å². The van der Waals surface area contributed by atoms with Gasteiger partial charge >= 0.3 is 5.97 Å². The minimum atomic E-state index is -0.867. The van der Waals surface area contributed by atoms with Crippen molar-refractivity contribution in [1.82, 2.24) is 9.55 Å². The van der Waals surface area contributed by atoms with Crippen LogP contribution in [-0.4, -0.2) is 27.4 Å². The summed E-state index contributed by atoms with van der Waals surface area (Å²) in [5.74, 6) is -0.738. The number of esters is 1. The third kappa shape index (κ3) is 4.88. The summed E-state index contributed by atoms with van der Waals surface area (Å²) in [6, 6.07) is 28.9. The number of Topliss-reactive ketones (excluding diaryl/α,β-unsaturated/α-hetero) is 1. The predicted molar refractivity (Wildman–Crippen MR) is 151 cm³/mol. The second-order valence-electron chi connectivity index (χ2n) is 9.61. The highest BCUT2D eigenvalue weighted by Crippen LogP contribution is 2.28. The van der Waals surface area contributed by atoms with E-state index in [0.29, 0.717) is 34.1 Å². The van der Waals surface area contributed by atoms with Gasteiger partial charge in [0.15, 0.2) is 6.10 Å². The van der Waals surface area contributed by atoms with Crippen molar-refractivity contribution in [2.45, 2.75) is 40.2 Å². The van der Waals surface area contributed by atoms with Crippen LogP contribution in [0, 0.1) is 20.8 Å². The third-order valence-corrected chi connectivity index (χ3v) is 6.85. The molecule has 0 saturated carbocycles. The van der Waals surface area contributed by atoms with E-state index in [-0.39, 0.29) is 5.78 Å². The van der Waals surface area contributed by atoms with Crippen molar-refractivity contribution in [2.24, 2.45) is 0 Å². The van der Waals surface area contributed by atoms with E-state index in [0.717, 1.165) is 28.2 Å². The van der Waals surface area contributed by atoms with Crippen molar-refractivity contribution < 1.29 is 14.3 Å². The first-order valence-corrected chi connectivity index (χ1v) is 12.8. The van der Waals surface area contributed by atoms with Crippen LogP contribution in [0.3, 0.4) is 0 Å². The Kier molecular flexibility index (Phi) is 6.93. The zero-order valence-electron chi connectivity index (χ0n) is 22.1. The van der Waals surface area contributed by atoms with Gasteiger partial charge in [-0.15, -0.1) is 0 Å². The van der Waals surface area contributed by atoms with E-state index in [9.17, 15) is 9.59 Å². The number of fused-ring (bicyclic) bond motifs is 1. The van der Waals surface area contributed by atoms with Crippen molar-refractivity contribution in [3.05, 3.63) is 119 Å². The maximum Gasteiger partial charge on any atom is 0.339 e. The number of ether oxygens (including phenoxy) is 1. The predicted octanol–water partition coefficient (Wildman–Crippen LogP) is 7.44. The molecule has 0 N–H and O–H groups in total. The lowest BCUT2D eigenvalue weighted by Crippen LogP contribution is -2.27. The highest BCUT2D eigenvalue weighted by atomic mass is 16.5. The Hall–Kier alpha value is -4.51. The van der Waals surface area contributed by atoms with Crippen LogP contribution in [0.1, 0.15) is 51.0 Å². The molecule has 0 aliphatic carbocycles. The molecule has 5 nitrogen and oxygen atoms in total. The lowest BCUT2D eigenvalue weighted by molar-refractivity contribution is 0.0279. The topological polar surface area (TPSA) is 61.2 Å². The van der Waals surface area contributed by atoms with Gasteiger partial charge in [-0.2, -0.15) is 0 Å². The van der Waals surface area contributed by atoms with E-state index in [1.807, 2.05) is 50.2 Å². The first kappa shape index (κ1) is 25.2. The Bertz CT molecular complexity index is 1610. The molecule has 5 heteroatoms. The van der Waals surface area contributed by atoms with Crippen molar-refractivity contribution in [3.63, 3.8) is 0 Å². The highest BCUT2D eigenvalue weighted by Gasteiger charge is 2.25. The van der Waals surface area contributed by atoms with Gasteiger partial charge in [0.05, 0.1) is 16.8 Å². The summed E-state index contributed by atoms with van der Waals surface area (Å²) < 4.78 is 8.01. The molecule has 5 rings (SSSR count). The largest absolute Gasteiger partial charge is 0.450 e. The van der Waals surface area contributed by atoms with Gasteiger partial charge in [-0.25, -0.2) is 9.78 Å². The van der Waals surface area contributed by atoms with Gasteiger partial charge in [-0.3, -0.25) is 4.79 Å². The first-order chi connectivity index (χ1) is 18.4. The van der Waals surface area contributed by atoms with Crippen LogP contribution >= 0.6 is 0 Å². The summed E-state index contributed by atoms with van der Waals surface area (Å²) in [5, 5.41) is 0.705. The molecule has 0 radical (unpaired) electrons. The lowest BCUT2D eigenvalue weighted by Gasteiger charge is -2.17. The molecule has 1 atom stereocenters. The third-order valence-electron chi connectivity index (χ3n) is 6.85. The number of carbonyl (C=O) groups excluding carboxylic acids is 2. The average molecular weight is 503 g/mol. The van der Waals surface area contributed by atoms with Crippen LogP contribution in [0.5, 0.6) is 0 Å². The molecule has 5 aromatic rings. The number of nitrogens with zero attached hydrogens (tertiary/aromatic N) is 2. The molecule has 0 fully saturated rings. The number of carbonyl (C=O) groups is 2. The fourth-order valence-electron chi connectivity index (χ4n) is 4.82. The summed E-state index contributed by atoms with van der Waals surface area (Å²) >= 11 is 0. The molecule has 0 unspecified atom stereocenters. The van der Waals surface area contributed by atoms with Crippen molar-refractivity contribution in [1.29, 1.82) is 0 Å². The Morgan fingerprint density at radius 2 is 1.53 bits per heavy atom. The molecule has 0 saturated heterocycles. The highest BCUT2D eigenvalue weighted by molar-refractivity contribution is 6.07. The smallest absolute Gasteiger partial charge is 0.339 e. The second kappa shape index (κ2) is 10.5. The molecular weight excluding hydrogens is 472 g/mol. The summed E-state index contributed by atoms with van der Waals surface area (Å²) in [5.41, 5.74) is 7.58. The number of hydrogen-bond donors (Lipinski definition) is 0. The number of rotatable bonds is 7. The fourth-order valence-corrected chi connectivity index (χ4v) is 4.82. The molecule has 190 valence electrons. The Balaban J connectivity index is 1.52. The molecule has 0 bridgehead atoms. The van der Waals surface area contributed by atoms with E-state index in [1.165, 1.54) is 0 Å². The number of aryl methyl sites for hydroxylation is 3. The number of pyridine rings is 1. The Morgan fingerprint density at radius 1 is 0.842 bits per heavy atom. The molecule has 0 aliphatic heterocycles. The SMILES string of the molecule is CC[C@@H](OC(=O)c1cc(-c2ccc(-n3c(C)ccc3C)cc2)nc2ccc(C)cc12)C(=O)c1ccccc1. The Labute approximate surface area is 222 Å². The molecule has 2 aromatic heterocycles.